The van der Waals surface area contributed by atoms with E-state index in [2.05, 4.69) is 4.74 Å². The lowest BCUT2D eigenvalue weighted by Gasteiger charge is -2.39. The summed E-state index contributed by atoms with van der Waals surface area (Å²) >= 11 is 0. The molecule has 1 heterocycles. The second-order valence-electron chi connectivity index (χ2n) is 5.21. The summed E-state index contributed by atoms with van der Waals surface area (Å²) in [7, 11) is 2.87. The van der Waals surface area contributed by atoms with Crippen molar-refractivity contribution < 1.29 is 28.8 Å². The third-order valence-electron chi connectivity index (χ3n) is 3.49. The van der Waals surface area contributed by atoms with Crippen molar-refractivity contribution in [2.45, 2.75) is 0 Å². The molecule has 0 atom stereocenters. The average molecular weight is 308 g/mol. The maximum absolute atomic E-state index is 11.1. The SMILES string of the molecule is COC(=O)C=Cc1ccc(OCC2(CO)COC2)c(OC)c1. The minimum absolute atomic E-state index is 0.0231. The minimum Gasteiger partial charge on any atom is -0.493 e. The third kappa shape index (κ3) is 3.78. The molecule has 1 fully saturated rings. The van der Waals surface area contributed by atoms with E-state index in [9.17, 15) is 9.90 Å². The Morgan fingerprint density at radius 2 is 2.14 bits per heavy atom. The van der Waals surface area contributed by atoms with E-state index < -0.39 is 5.97 Å². The number of carbonyl (C=O) groups excluding carboxylic acids is 1. The smallest absolute Gasteiger partial charge is 0.330 e. The summed E-state index contributed by atoms with van der Waals surface area (Å²) < 4.78 is 20.7. The normalized spacial score (nSPS) is 16.1. The highest BCUT2D eigenvalue weighted by atomic mass is 16.5. The fraction of sp³-hybridized carbons (Fsp3) is 0.438. The van der Waals surface area contributed by atoms with E-state index in [1.54, 1.807) is 31.4 Å². The van der Waals surface area contributed by atoms with Crippen LogP contribution in [0.15, 0.2) is 24.3 Å². The van der Waals surface area contributed by atoms with Crippen molar-refractivity contribution in [2.24, 2.45) is 5.41 Å². The van der Waals surface area contributed by atoms with E-state index in [1.807, 2.05) is 0 Å². The molecule has 1 saturated heterocycles. The fourth-order valence-electron chi connectivity index (χ4n) is 1.98. The molecular weight excluding hydrogens is 288 g/mol. The van der Waals surface area contributed by atoms with Crippen LogP contribution in [0.1, 0.15) is 5.56 Å². The molecule has 0 spiro atoms. The number of carbonyl (C=O) groups is 1. The maximum Gasteiger partial charge on any atom is 0.330 e. The molecule has 0 aliphatic carbocycles. The van der Waals surface area contributed by atoms with Crippen LogP contribution in [0.2, 0.25) is 0 Å². The topological polar surface area (TPSA) is 74.2 Å². The van der Waals surface area contributed by atoms with E-state index in [1.165, 1.54) is 13.2 Å². The minimum atomic E-state index is -0.422. The van der Waals surface area contributed by atoms with Gasteiger partial charge in [0.05, 0.1) is 39.5 Å². The van der Waals surface area contributed by atoms with Gasteiger partial charge in [-0.05, 0) is 23.8 Å². The summed E-state index contributed by atoms with van der Waals surface area (Å²) in [6.45, 7) is 1.37. The molecule has 0 aromatic heterocycles. The van der Waals surface area contributed by atoms with E-state index in [-0.39, 0.29) is 12.0 Å². The highest BCUT2D eigenvalue weighted by Gasteiger charge is 2.39. The molecule has 120 valence electrons. The second-order valence-corrected chi connectivity index (χ2v) is 5.21. The van der Waals surface area contributed by atoms with Crippen molar-refractivity contribution in [3.63, 3.8) is 0 Å². The summed E-state index contributed by atoms with van der Waals surface area (Å²) in [5.74, 6) is 0.715. The van der Waals surface area contributed by atoms with Gasteiger partial charge in [-0.2, -0.15) is 0 Å². The van der Waals surface area contributed by atoms with Crippen molar-refractivity contribution in [2.75, 3.05) is 40.6 Å². The second kappa shape index (κ2) is 7.29. The predicted octanol–water partition coefficient (Wildman–Crippen LogP) is 1.27. The zero-order chi connectivity index (χ0) is 16.0. The molecule has 6 heteroatoms. The van der Waals surface area contributed by atoms with Gasteiger partial charge in [-0.1, -0.05) is 6.07 Å². The number of aliphatic hydroxyl groups excluding tert-OH is 1. The van der Waals surface area contributed by atoms with Gasteiger partial charge >= 0.3 is 5.97 Å². The van der Waals surface area contributed by atoms with Crippen molar-refractivity contribution in [1.29, 1.82) is 0 Å². The molecule has 1 aromatic carbocycles. The van der Waals surface area contributed by atoms with Crippen molar-refractivity contribution >= 4 is 12.0 Å². The van der Waals surface area contributed by atoms with Crippen molar-refractivity contribution in [1.82, 2.24) is 0 Å². The Hall–Kier alpha value is -2.05. The highest BCUT2D eigenvalue weighted by Crippen LogP contribution is 2.32. The number of benzene rings is 1. The van der Waals surface area contributed by atoms with E-state index >= 15 is 0 Å². The van der Waals surface area contributed by atoms with Crippen LogP contribution in [-0.4, -0.2) is 51.7 Å². The van der Waals surface area contributed by atoms with Crippen LogP contribution in [0, 0.1) is 5.41 Å². The molecule has 22 heavy (non-hydrogen) atoms. The van der Waals surface area contributed by atoms with E-state index in [0.29, 0.717) is 31.3 Å². The first kappa shape index (κ1) is 16.3. The van der Waals surface area contributed by atoms with Gasteiger partial charge in [0, 0.05) is 6.08 Å². The number of esters is 1. The number of ether oxygens (including phenoxy) is 4. The largest absolute Gasteiger partial charge is 0.493 e. The van der Waals surface area contributed by atoms with Crippen LogP contribution in [0.3, 0.4) is 0 Å². The van der Waals surface area contributed by atoms with Crippen LogP contribution >= 0.6 is 0 Å². The molecule has 6 nitrogen and oxygen atoms in total. The molecule has 1 aromatic rings. The van der Waals surface area contributed by atoms with Gasteiger partial charge in [-0.25, -0.2) is 4.79 Å². The molecular formula is C16H20O6. The molecule has 0 unspecified atom stereocenters. The monoisotopic (exact) mass is 308 g/mol. The summed E-state index contributed by atoms with van der Waals surface area (Å²) in [4.78, 5) is 11.1. The van der Waals surface area contributed by atoms with Crippen LogP contribution in [0.4, 0.5) is 0 Å². The van der Waals surface area contributed by atoms with Crippen molar-refractivity contribution in [3.8, 4) is 11.5 Å². The van der Waals surface area contributed by atoms with Gasteiger partial charge in [0.2, 0.25) is 0 Å². The highest BCUT2D eigenvalue weighted by molar-refractivity contribution is 5.87. The summed E-state index contributed by atoms with van der Waals surface area (Å²) in [6.07, 6.45) is 2.97. The Bertz CT molecular complexity index is 542. The fourth-order valence-corrected chi connectivity index (χ4v) is 1.98. The Balaban J connectivity index is 2.05. The zero-order valence-electron chi connectivity index (χ0n) is 12.7. The molecule has 1 aliphatic rings. The van der Waals surface area contributed by atoms with Gasteiger partial charge in [-0.3, -0.25) is 0 Å². The van der Waals surface area contributed by atoms with Gasteiger partial charge in [0.1, 0.15) is 6.61 Å². The molecule has 1 N–H and O–H groups in total. The standard InChI is InChI=1S/C16H20O6/c1-19-14-7-12(4-6-15(18)20-2)3-5-13(14)22-11-16(8-17)9-21-10-16/h3-7,17H,8-11H2,1-2H3. The van der Waals surface area contributed by atoms with Crippen molar-refractivity contribution in [3.05, 3.63) is 29.8 Å². The molecule has 2 rings (SSSR count). The Morgan fingerprint density at radius 3 is 2.68 bits per heavy atom. The summed E-state index contributed by atoms with van der Waals surface area (Å²) in [5.41, 5.74) is 0.465. The third-order valence-corrected chi connectivity index (χ3v) is 3.49. The maximum atomic E-state index is 11.1. The first-order chi connectivity index (χ1) is 10.6. The first-order valence-corrected chi connectivity index (χ1v) is 6.88. The van der Waals surface area contributed by atoms with Gasteiger partial charge in [-0.15, -0.1) is 0 Å². The number of rotatable bonds is 7. The number of methoxy groups -OCH3 is 2. The molecule has 0 amide bonds. The Labute approximate surface area is 129 Å². The molecule has 0 saturated carbocycles. The predicted molar refractivity (Wildman–Crippen MR) is 79.9 cm³/mol. The Morgan fingerprint density at radius 1 is 1.36 bits per heavy atom. The van der Waals surface area contributed by atoms with Gasteiger partial charge in [0.15, 0.2) is 11.5 Å². The number of hydrogen-bond donors (Lipinski definition) is 1. The van der Waals surface area contributed by atoms with Crippen LogP contribution in [0.5, 0.6) is 11.5 Å². The molecule has 0 radical (unpaired) electrons. The van der Waals surface area contributed by atoms with E-state index in [4.69, 9.17) is 14.2 Å². The lowest BCUT2D eigenvalue weighted by Crippen LogP contribution is -2.49. The Kier molecular flexibility index (Phi) is 5.41. The molecule has 1 aliphatic heterocycles. The average Bonchev–Trinajstić information content (AvgIpc) is 2.52. The van der Waals surface area contributed by atoms with E-state index in [0.717, 1.165) is 5.56 Å². The van der Waals surface area contributed by atoms with Crippen LogP contribution < -0.4 is 9.47 Å². The number of hydrogen-bond acceptors (Lipinski definition) is 6. The lowest BCUT2D eigenvalue weighted by atomic mass is 9.88. The quantitative estimate of drug-likeness (QED) is 0.604. The van der Waals surface area contributed by atoms with Gasteiger partial charge in [0.25, 0.3) is 0 Å². The van der Waals surface area contributed by atoms with Crippen LogP contribution in [0.25, 0.3) is 6.08 Å². The van der Waals surface area contributed by atoms with Crippen LogP contribution in [-0.2, 0) is 14.3 Å². The van der Waals surface area contributed by atoms with Gasteiger partial charge < -0.3 is 24.1 Å². The summed E-state index contributed by atoms with van der Waals surface area (Å²) in [5, 5.41) is 9.39. The molecule has 0 bridgehead atoms. The summed E-state index contributed by atoms with van der Waals surface area (Å²) in [6, 6.07) is 5.33. The zero-order valence-corrected chi connectivity index (χ0v) is 12.7. The first-order valence-electron chi connectivity index (χ1n) is 6.88. The lowest BCUT2D eigenvalue weighted by molar-refractivity contribution is -0.153. The number of aliphatic hydroxyl groups is 1.